The second-order valence-corrected chi connectivity index (χ2v) is 4.55. The lowest BCUT2D eigenvalue weighted by Gasteiger charge is -2.13. The van der Waals surface area contributed by atoms with Gasteiger partial charge in [0.1, 0.15) is 0 Å². The minimum atomic E-state index is 0.264. The Morgan fingerprint density at radius 1 is 1.25 bits per heavy atom. The molecule has 2 atom stereocenters. The van der Waals surface area contributed by atoms with Gasteiger partial charge in [-0.05, 0) is 30.4 Å². The van der Waals surface area contributed by atoms with Crippen molar-refractivity contribution in [2.45, 2.75) is 44.8 Å². The van der Waals surface area contributed by atoms with Crippen LogP contribution in [-0.4, -0.2) is 12.6 Å². The largest absolute Gasteiger partial charge is 0.369 e. The van der Waals surface area contributed by atoms with Gasteiger partial charge in [0.15, 0.2) is 0 Å². The van der Waals surface area contributed by atoms with Gasteiger partial charge in [0.25, 0.3) is 0 Å². The summed E-state index contributed by atoms with van der Waals surface area (Å²) in [6, 6.07) is 8.85. The summed E-state index contributed by atoms with van der Waals surface area (Å²) in [4.78, 5) is 0. The van der Waals surface area contributed by atoms with E-state index in [9.17, 15) is 0 Å². The fraction of sp³-hybridized carbons (Fsp3) is 0.571. The lowest BCUT2D eigenvalue weighted by atomic mass is 10.0. The molecule has 0 radical (unpaired) electrons. The van der Waals surface area contributed by atoms with Crippen LogP contribution in [0.2, 0.25) is 0 Å². The Morgan fingerprint density at radius 3 is 2.56 bits per heavy atom. The van der Waals surface area contributed by atoms with E-state index in [2.05, 4.69) is 31.2 Å². The van der Waals surface area contributed by atoms with Gasteiger partial charge in [-0.1, -0.05) is 37.6 Å². The smallest absolute Gasteiger partial charge is 0.0830 e. The van der Waals surface area contributed by atoms with Crippen molar-refractivity contribution < 1.29 is 4.74 Å². The molecule has 0 bridgehead atoms. The number of aryl methyl sites for hydroxylation is 1. The van der Waals surface area contributed by atoms with Crippen LogP contribution in [0.15, 0.2) is 24.3 Å². The maximum atomic E-state index is 5.87. The molecule has 0 spiro atoms. The Hall–Kier alpha value is -0.860. The molecule has 2 N–H and O–H groups in total. The first-order chi connectivity index (χ1) is 7.83. The number of hydrogen-bond donors (Lipinski definition) is 1. The third-order valence-corrected chi connectivity index (χ3v) is 3.26. The first-order valence-electron chi connectivity index (χ1n) is 6.28. The summed E-state index contributed by atoms with van der Waals surface area (Å²) < 4.78 is 5.87. The highest BCUT2D eigenvalue weighted by Crippen LogP contribution is 2.32. The van der Waals surface area contributed by atoms with Crippen LogP contribution in [0.4, 0.5) is 0 Å². The first kappa shape index (κ1) is 11.6. The maximum absolute atomic E-state index is 5.87. The Bertz CT molecular complexity index is 320. The normalized spacial score (nSPS) is 24.9. The van der Waals surface area contributed by atoms with Crippen molar-refractivity contribution >= 4 is 0 Å². The molecule has 88 valence electrons. The highest BCUT2D eigenvalue weighted by atomic mass is 16.5. The predicted molar refractivity (Wildman–Crippen MR) is 66.3 cm³/mol. The third kappa shape index (κ3) is 2.63. The van der Waals surface area contributed by atoms with Crippen molar-refractivity contribution in [3.63, 3.8) is 0 Å². The van der Waals surface area contributed by atoms with Crippen molar-refractivity contribution in [3.8, 4) is 0 Å². The van der Waals surface area contributed by atoms with Gasteiger partial charge in [-0.2, -0.15) is 0 Å². The van der Waals surface area contributed by atoms with Gasteiger partial charge in [0.2, 0.25) is 0 Å². The zero-order chi connectivity index (χ0) is 11.4. The quantitative estimate of drug-likeness (QED) is 0.845. The standard InChI is InChI=1S/C14H21NO/c1-2-3-11-4-6-12(7-5-11)14-9-8-13(10-15)16-14/h4-7,13-14H,2-3,8-10,15H2,1H3/t13-,14+/m1/s1. The Morgan fingerprint density at radius 2 is 2.00 bits per heavy atom. The Kier molecular flexibility index (Phi) is 3.97. The Balaban J connectivity index is 1.99. The molecule has 0 saturated carbocycles. The molecule has 1 saturated heterocycles. The van der Waals surface area contributed by atoms with E-state index in [0.29, 0.717) is 6.54 Å². The second kappa shape index (κ2) is 5.46. The van der Waals surface area contributed by atoms with Gasteiger partial charge < -0.3 is 10.5 Å². The summed E-state index contributed by atoms with van der Waals surface area (Å²) in [6.45, 7) is 2.85. The molecule has 2 nitrogen and oxygen atoms in total. The zero-order valence-electron chi connectivity index (χ0n) is 9.99. The van der Waals surface area contributed by atoms with Crippen LogP contribution >= 0.6 is 0 Å². The molecule has 0 aliphatic carbocycles. The summed E-state index contributed by atoms with van der Waals surface area (Å²) in [5, 5.41) is 0. The molecule has 1 fully saturated rings. The topological polar surface area (TPSA) is 35.2 Å². The van der Waals surface area contributed by atoms with Gasteiger partial charge in [-0.3, -0.25) is 0 Å². The second-order valence-electron chi connectivity index (χ2n) is 4.55. The molecule has 0 unspecified atom stereocenters. The van der Waals surface area contributed by atoms with E-state index in [1.807, 2.05) is 0 Å². The minimum absolute atomic E-state index is 0.264. The monoisotopic (exact) mass is 219 g/mol. The lowest BCUT2D eigenvalue weighted by Crippen LogP contribution is -2.18. The van der Waals surface area contributed by atoms with E-state index in [1.165, 1.54) is 17.5 Å². The minimum Gasteiger partial charge on any atom is -0.369 e. The lowest BCUT2D eigenvalue weighted by molar-refractivity contribution is 0.0498. The van der Waals surface area contributed by atoms with E-state index in [1.54, 1.807) is 0 Å². The molecular formula is C14H21NO. The number of nitrogens with two attached hydrogens (primary N) is 1. The highest BCUT2D eigenvalue weighted by molar-refractivity contribution is 5.24. The van der Waals surface area contributed by atoms with Crippen molar-refractivity contribution in [3.05, 3.63) is 35.4 Å². The molecule has 1 aromatic rings. The summed E-state index contributed by atoms with van der Waals surface area (Å²) >= 11 is 0. The van der Waals surface area contributed by atoms with Crippen LogP contribution in [0, 0.1) is 0 Å². The number of ether oxygens (including phenoxy) is 1. The summed E-state index contributed by atoms with van der Waals surface area (Å²) in [6.07, 6.45) is 5.10. The first-order valence-corrected chi connectivity index (χ1v) is 6.28. The van der Waals surface area contributed by atoms with Crippen molar-refractivity contribution in [2.24, 2.45) is 5.73 Å². The van der Waals surface area contributed by atoms with Gasteiger partial charge in [-0.15, -0.1) is 0 Å². The van der Waals surface area contributed by atoms with E-state index < -0.39 is 0 Å². The molecule has 16 heavy (non-hydrogen) atoms. The summed E-state index contributed by atoms with van der Waals surface area (Å²) in [5.41, 5.74) is 8.33. The average Bonchev–Trinajstić information content (AvgIpc) is 2.79. The van der Waals surface area contributed by atoms with Crippen molar-refractivity contribution in [1.29, 1.82) is 0 Å². The highest BCUT2D eigenvalue weighted by Gasteiger charge is 2.25. The Labute approximate surface area is 97.8 Å². The number of hydrogen-bond acceptors (Lipinski definition) is 2. The average molecular weight is 219 g/mol. The van der Waals surface area contributed by atoms with Crippen molar-refractivity contribution in [1.82, 2.24) is 0 Å². The fourth-order valence-electron chi connectivity index (χ4n) is 2.31. The van der Waals surface area contributed by atoms with E-state index in [0.717, 1.165) is 19.3 Å². The summed E-state index contributed by atoms with van der Waals surface area (Å²) in [5.74, 6) is 0. The molecule has 1 aromatic carbocycles. The summed E-state index contributed by atoms with van der Waals surface area (Å²) in [7, 11) is 0. The molecule has 0 amide bonds. The van der Waals surface area contributed by atoms with Gasteiger partial charge in [0, 0.05) is 6.54 Å². The zero-order valence-corrected chi connectivity index (χ0v) is 9.99. The molecule has 1 aliphatic heterocycles. The third-order valence-electron chi connectivity index (χ3n) is 3.26. The predicted octanol–water partition coefficient (Wildman–Crippen LogP) is 2.82. The van der Waals surface area contributed by atoms with E-state index in [4.69, 9.17) is 10.5 Å². The number of rotatable bonds is 4. The van der Waals surface area contributed by atoms with Gasteiger partial charge in [0.05, 0.1) is 12.2 Å². The molecule has 1 aliphatic rings. The maximum Gasteiger partial charge on any atom is 0.0830 e. The molecule has 1 heterocycles. The van der Waals surface area contributed by atoms with Crippen LogP contribution in [0.5, 0.6) is 0 Å². The van der Waals surface area contributed by atoms with Gasteiger partial charge in [-0.25, -0.2) is 0 Å². The van der Waals surface area contributed by atoms with Crippen LogP contribution < -0.4 is 5.73 Å². The van der Waals surface area contributed by atoms with Crippen LogP contribution in [-0.2, 0) is 11.2 Å². The van der Waals surface area contributed by atoms with Crippen LogP contribution in [0.1, 0.15) is 43.4 Å². The SMILES string of the molecule is CCCc1ccc([C@@H]2CC[C@H](CN)O2)cc1. The van der Waals surface area contributed by atoms with Crippen LogP contribution in [0.25, 0.3) is 0 Å². The fourth-order valence-corrected chi connectivity index (χ4v) is 2.31. The molecule has 2 heteroatoms. The molecule has 0 aromatic heterocycles. The van der Waals surface area contributed by atoms with Crippen molar-refractivity contribution in [2.75, 3.05) is 6.54 Å². The van der Waals surface area contributed by atoms with E-state index in [-0.39, 0.29) is 12.2 Å². The number of benzene rings is 1. The van der Waals surface area contributed by atoms with Crippen LogP contribution in [0.3, 0.4) is 0 Å². The molecule has 2 rings (SSSR count). The van der Waals surface area contributed by atoms with E-state index >= 15 is 0 Å². The van der Waals surface area contributed by atoms with Gasteiger partial charge >= 0.3 is 0 Å². The molecular weight excluding hydrogens is 198 g/mol.